The summed E-state index contributed by atoms with van der Waals surface area (Å²) in [5, 5.41) is 0. The molecule has 4 heteroatoms. The molecule has 0 aliphatic heterocycles. The van der Waals surface area contributed by atoms with Gasteiger partial charge in [0.2, 0.25) is 0 Å². The fourth-order valence-corrected chi connectivity index (χ4v) is 1.70. The molecule has 0 saturated carbocycles. The summed E-state index contributed by atoms with van der Waals surface area (Å²) in [6.07, 6.45) is 3.59. The molecule has 0 spiro atoms. The van der Waals surface area contributed by atoms with Gasteiger partial charge in [-0.3, -0.25) is 4.98 Å². The minimum Gasteiger partial charge on any atom is -0.380 e. The summed E-state index contributed by atoms with van der Waals surface area (Å²) < 4.78 is 6.31. The Morgan fingerprint density at radius 3 is 3.00 bits per heavy atom. The Hall–Kier alpha value is -0.610. The summed E-state index contributed by atoms with van der Waals surface area (Å²) in [4.78, 5) is 6.16. The van der Waals surface area contributed by atoms with Crippen molar-refractivity contribution < 1.29 is 4.74 Å². The molecule has 78 valence electrons. The lowest BCUT2D eigenvalue weighted by atomic mass is 10.4. The van der Waals surface area contributed by atoms with Gasteiger partial charge in [0, 0.05) is 32.6 Å². The molecule has 1 heterocycles. The predicted molar refractivity (Wildman–Crippen MR) is 61.7 cm³/mol. The number of aromatic nitrogens is 1. The molecule has 0 saturated heterocycles. The highest BCUT2D eigenvalue weighted by molar-refractivity contribution is 9.10. The number of likely N-dealkylation sites (N-methyl/N-ethyl adjacent to an activating group) is 1. The summed E-state index contributed by atoms with van der Waals surface area (Å²) in [6.45, 7) is 4.41. The minimum atomic E-state index is 0.752. The first kappa shape index (κ1) is 11.5. The lowest BCUT2D eigenvalue weighted by molar-refractivity contribution is 0.154. The van der Waals surface area contributed by atoms with Gasteiger partial charge in [0.1, 0.15) is 0 Å². The van der Waals surface area contributed by atoms with Crippen LogP contribution in [0, 0.1) is 0 Å². The Balaban J connectivity index is 2.51. The van der Waals surface area contributed by atoms with Gasteiger partial charge in [0.15, 0.2) is 0 Å². The van der Waals surface area contributed by atoms with Crippen LogP contribution in [0.5, 0.6) is 0 Å². The monoisotopic (exact) mass is 258 g/mol. The molecule has 0 bridgehead atoms. The van der Waals surface area contributed by atoms with E-state index in [-0.39, 0.29) is 0 Å². The number of pyridine rings is 1. The predicted octanol–water partition coefficient (Wildman–Crippen LogP) is 2.32. The van der Waals surface area contributed by atoms with Crippen LogP contribution in [0.15, 0.2) is 22.9 Å². The van der Waals surface area contributed by atoms with Crippen molar-refractivity contribution >= 4 is 21.6 Å². The van der Waals surface area contributed by atoms with Gasteiger partial charge in [0.05, 0.1) is 16.8 Å². The van der Waals surface area contributed by atoms with Crippen LogP contribution in [0.3, 0.4) is 0 Å². The molecule has 1 aromatic rings. The number of nitrogens with zero attached hydrogens (tertiary/aromatic N) is 2. The van der Waals surface area contributed by atoms with E-state index in [1.807, 2.05) is 20.0 Å². The van der Waals surface area contributed by atoms with Crippen LogP contribution < -0.4 is 4.90 Å². The van der Waals surface area contributed by atoms with Gasteiger partial charge < -0.3 is 9.64 Å². The minimum absolute atomic E-state index is 0.752. The topological polar surface area (TPSA) is 25.4 Å². The van der Waals surface area contributed by atoms with Gasteiger partial charge in [-0.1, -0.05) is 0 Å². The van der Waals surface area contributed by atoms with Crippen LogP contribution >= 0.6 is 15.9 Å². The Morgan fingerprint density at radius 2 is 2.36 bits per heavy atom. The zero-order valence-corrected chi connectivity index (χ0v) is 10.1. The van der Waals surface area contributed by atoms with Crippen LogP contribution in [-0.4, -0.2) is 31.8 Å². The Morgan fingerprint density at radius 1 is 1.57 bits per heavy atom. The van der Waals surface area contributed by atoms with Gasteiger partial charge >= 0.3 is 0 Å². The van der Waals surface area contributed by atoms with E-state index in [4.69, 9.17) is 4.74 Å². The third-order valence-corrected chi connectivity index (χ3v) is 2.55. The largest absolute Gasteiger partial charge is 0.380 e. The number of anilines is 1. The number of hydrogen-bond acceptors (Lipinski definition) is 3. The molecule has 0 aromatic carbocycles. The molecule has 0 unspecified atom stereocenters. The molecule has 0 amide bonds. The summed E-state index contributed by atoms with van der Waals surface area (Å²) >= 11 is 3.46. The van der Waals surface area contributed by atoms with Crippen molar-refractivity contribution in [1.29, 1.82) is 0 Å². The smallest absolute Gasteiger partial charge is 0.0641 e. The van der Waals surface area contributed by atoms with Crippen LogP contribution in [0.4, 0.5) is 5.69 Å². The lowest BCUT2D eigenvalue weighted by Gasteiger charge is -2.19. The highest BCUT2D eigenvalue weighted by Gasteiger charge is 2.04. The van der Waals surface area contributed by atoms with E-state index in [9.17, 15) is 0 Å². The third-order valence-electron chi connectivity index (χ3n) is 1.94. The van der Waals surface area contributed by atoms with E-state index in [1.165, 1.54) is 0 Å². The first-order valence-electron chi connectivity index (χ1n) is 4.64. The maximum atomic E-state index is 5.29. The fourth-order valence-electron chi connectivity index (χ4n) is 1.14. The van der Waals surface area contributed by atoms with Crippen molar-refractivity contribution in [2.24, 2.45) is 0 Å². The first-order chi connectivity index (χ1) is 6.75. The van der Waals surface area contributed by atoms with Crippen molar-refractivity contribution in [3.8, 4) is 0 Å². The Kier molecular flexibility index (Phi) is 4.90. The third kappa shape index (κ3) is 3.27. The maximum absolute atomic E-state index is 5.29. The Labute approximate surface area is 93.2 Å². The zero-order valence-electron chi connectivity index (χ0n) is 8.53. The second-order valence-corrected chi connectivity index (χ2v) is 3.80. The highest BCUT2D eigenvalue weighted by atomic mass is 79.9. The van der Waals surface area contributed by atoms with Crippen LogP contribution in [0.25, 0.3) is 0 Å². The SMILES string of the molecule is CCOCCN(C)c1ccncc1Br. The molecule has 0 fully saturated rings. The average molecular weight is 259 g/mol. The van der Waals surface area contributed by atoms with E-state index >= 15 is 0 Å². The second kappa shape index (κ2) is 5.98. The van der Waals surface area contributed by atoms with Crippen molar-refractivity contribution in [2.45, 2.75) is 6.92 Å². The molecular weight excluding hydrogens is 244 g/mol. The van der Waals surface area contributed by atoms with E-state index < -0.39 is 0 Å². The highest BCUT2D eigenvalue weighted by Crippen LogP contribution is 2.22. The molecule has 0 aliphatic rings. The van der Waals surface area contributed by atoms with Gasteiger partial charge in [0.25, 0.3) is 0 Å². The maximum Gasteiger partial charge on any atom is 0.0641 e. The quantitative estimate of drug-likeness (QED) is 0.759. The standard InChI is InChI=1S/C10H15BrN2O/c1-3-14-7-6-13(2)10-4-5-12-8-9(10)11/h4-5,8H,3,6-7H2,1-2H3. The summed E-state index contributed by atoms with van der Waals surface area (Å²) in [6, 6.07) is 1.98. The number of halogens is 1. The van der Waals surface area contributed by atoms with Crippen molar-refractivity contribution in [1.82, 2.24) is 4.98 Å². The molecule has 1 aromatic heterocycles. The van der Waals surface area contributed by atoms with Crippen molar-refractivity contribution in [2.75, 3.05) is 31.7 Å². The van der Waals surface area contributed by atoms with Gasteiger partial charge in [-0.25, -0.2) is 0 Å². The van der Waals surface area contributed by atoms with E-state index in [0.29, 0.717) is 0 Å². The van der Waals surface area contributed by atoms with Crippen LogP contribution in [0.2, 0.25) is 0 Å². The van der Waals surface area contributed by atoms with Crippen LogP contribution in [-0.2, 0) is 4.74 Å². The van der Waals surface area contributed by atoms with Crippen LogP contribution in [0.1, 0.15) is 6.92 Å². The lowest BCUT2D eigenvalue weighted by Crippen LogP contribution is -2.22. The molecular formula is C10H15BrN2O. The van der Waals surface area contributed by atoms with E-state index in [1.54, 1.807) is 12.4 Å². The molecule has 0 N–H and O–H groups in total. The fraction of sp³-hybridized carbons (Fsp3) is 0.500. The summed E-state index contributed by atoms with van der Waals surface area (Å²) in [5.41, 5.74) is 1.14. The second-order valence-electron chi connectivity index (χ2n) is 2.95. The number of rotatable bonds is 5. The normalized spacial score (nSPS) is 10.2. The summed E-state index contributed by atoms with van der Waals surface area (Å²) in [5.74, 6) is 0. The zero-order chi connectivity index (χ0) is 10.4. The molecule has 0 aliphatic carbocycles. The number of hydrogen-bond donors (Lipinski definition) is 0. The molecule has 3 nitrogen and oxygen atoms in total. The average Bonchev–Trinajstić information content (AvgIpc) is 2.18. The number of ether oxygens (including phenoxy) is 1. The Bertz CT molecular complexity index is 281. The van der Waals surface area contributed by atoms with Crippen molar-refractivity contribution in [3.63, 3.8) is 0 Å². The van der Waals surface area contributed by atoms with E-state index in [0.717, 1.165) is 29.9 Å². The van der Waals surface area contributed by atoms with Gasteiger partial charge in [-0.05, 0) is 28.9 Å². The molecule has 0 radical (unpaired) electrons. The van der Waals surface area contributed by atoms with Gasteiger partial charge in [-0.15, -0.1) is 0 Å². The van der Waals surface area contributed by atoms with Crippen molar-refractivity contribution in [3.05, 3.63) is 22.9 Å². The van der Waals surface area contributed by atoms with Gasteiger partial charge in [-0.2, -0.15) is 0 Å². The summed E-state index contributed by atoms with van der Waals surface area (Å²) in [7, 11) is 2.04. The first-order valence-corrected chi connectivity index (χ1v) is 5.43. The molecule has 14 heavy (non-hydrogen) atoms. The van der Waals surface area contributed by atoms with E-state index in [2.05, 4.69) is 25.8 Å². The molecule has 1 rings (SSSR count). The molecule has 0 atom stereocenters.